The van der Waals surface area contributed by atoms with Crippen molar-refractivity contribution >= 4 is 16.9 Å². The minimum Gasteiger partial charge on any atom is -0.508 e. The number of ether oxygens (including phenoxy) is 1. The molecule has 3 aromatic rings. The molecule has 0 aliphatic rings. The summed E-state index contributed by atoms with van der Waals surface area (Å²) in [5.74, 6) is -0.0424. The first-order chi connectivity index (χ1) is 11.1. The minimum atomic E-state index is -0.297. The van der Waals surface area contributed by atoms with E-state index in [1.165, 1.54) is 0 Å². The second-order valence-corrected chi connectivity index (χ2v) is 5.52. The number of fused-ring (bicyclic) bond motifs is 1. The van der Waals surface area contributed by atoms with Crippen molar-refractivity contribution in [3.8, 4) is 5.75 Å². The lowest BCUT2D eigenvalue weighted by molar-refractivity contribution is 0.0525. The highest BCUT2D eigenvalue weighted by Gasteiger charge is 2.13. The summed E-state index contributed by atoms with van der Waals surface area (Å²) in [7, 11) is 0. The van der Waals surface area contributed by atoms with E-state index in [9.17, 15) is 9.90 Å². The zero-order valence-corrected chi connectivity index (χ0v) is 13.2. The van der Waals surface area contributed by atoms with Gasteiger partial charge in [-0.1, -0.05) is 18.2 Å². The van der Waals surface area contributed by atoms with Crippen molar-refractivity contribution in [2.24, 2.45) is 0 Å². The van der Waals surface area contributed by atoms with Gasteiger partial charge in [-0.15, -0.1) is 0 Å². The van der Waals surface area contributed by atoms with Gasteiger partial charge in [-0.3, -0.25) is 0 Å². The molecule has 0 bridgehead atoms. The van der Waals surface area contributed by atoms with Crippen LogP contribution in [0.5, 0.6) is 5.75 Å². The third-order valence-corrected chi connectivity index (χ3v) is 3.92. The molecule has 23 heavy (non-hydrogen) atoms. The van der Waals surface area contributed by atoms with Crippen molar-refractivity contribution in [1.82, 2.24) is 4.57 Å². The van der Waals surface area contributed by atoms with Gasteiger partial charge in [0.05, 0.1) is 12.2 Å². The fourth-order valence-electron chi connectivity index (χ4n) is 2.84. The van der Waals surface area contributed by atoms with Gasteiger partial charge >= 0.3 is 5.97 Å². The Bertz CT molecular complexity index is 864. The average Bonchev–Trinajstić information content (AvgIpc) is 2.84. The Morgan fingerprint density at radius 3 is 2.78 bits per heavy atom. The van der Waals surface area contributed by atoms with Gasteiger partial charge in [0.1, 0.15) is 5.75 Å². The fraction of sp³-hybridized carbons (Fsp3) is 0.211. The van der Waals surface area contributed by atoms with E-state index in [4.69, 9.17) is 4.74 Å². The molecular weight excluding hydrogens is 290 g/mol. The number of phenols is 1. The summed E-state index contributed by atoms with van der Waals surface area (Å²) in [5.41, 5.74) is 3.62. The van der Waals surface area contributed by atoms with E-state index in [2.05, 4.69) is 4.57 Å². The highest BCUT2D eigenvalue weighted by molar-refractivity contribution is 5.91. The summed E-state index contributed by atoms with van der Waals surface area (Å²) in [6.07, 6.45) is 2.03. The normalized spacial score (nSPS) is 10.9. The molecule has 0 aliphatic heterocycles. The van der Waals surface area contributed by atoms with Gasteiger partial charge in [0.2, 0.25) is 0 Å². The zero-order valence-electron chi connectivity index (χ0n) is 13.2. The number of esters is 1. The molecule has 2 aromatic carbocycles. The van der Waals surface area contributed by atoms with Crippen molar-refractivity contribution in [3.05, 3.63) is 65.4 Å². The van der Waals surface area contributed by atoms with Gasteiger partial charge in [0.15, 0.2) is 0 Å². The molecule has 3 rings (SSSR count). The largest absolute Gasteiger partial charge is 0.508 e. The molecule has 1 heterocycles. The SMILES string of the molecule is CCOC(=O)c1ccccc1Cn1cc(C)c2cc(O)ccc21. The van der Waals surface area contributed by atoms with Gasteiger partial charge in [0.25, 0.3) is 0 Å². The molecule has 0 amide bonds. The molecule has 0 saturated heterocycles. The predicted octanol–water partition coefficient (Wildman–Crippen LogP) is 3.88. The molecule has 0 atom stereocenters. The molecule has 0 radical (unpaired) electrons. The van der Waals surface area contributed by atoms with Crippen molar-refractivity contribution < 1.29 is 14.6 Å². The van der Waals surface area contributed by atoms with E-state index >= 15 is 0 Å². The summed E-state index contributed by atoms with van der Waals surface area (Å²) in [6.45, 7) is 4.74. The van der Waals surface area contributed by atoms with Crippen LogP contribution in [0.1, 0.15) is 28.4 Å². The molecule has 0 fully saturated rings. The van der Waals surface area contributed by atoms with Crippen LogP contribution >= 0.6 is 0 Å². The van der Waals surface area contributed by atoms with Crippen LogP contribution in [0, 0.1) is 6.92 Å². The van der Waals surface area contributed by atoms with Crippen LogP contribution in [-0.4, -0.2) is 22.2 Å². The van der Waals surface area contributed by atoms with Crippen LogP contribution < -0.4 is 0 Å². The number of phenolic OH excluding ortho intramolecular Hbond substituents is 1. The molecule has 1 N–H and O–H groups in total. The van der Waals surface area contributed by atoms with Gasteiger partial charge in [-0.05, 0) is 49.2 Å². The maximum absolute atomic E-state index is 12.1. The summed E-state index contributed by atoms with van der Waals surface area (Å²) in [4.78, 5) is 12.1. The molecule has 118 valence electrons. The van der Waals surface area contributed by atoms with Gasteiger partial charge in [0, 0.05) is 23.6 Å². The van der Waals surface area contributed by atoms with Crippen LogP contribution in [0.15, 0.2) is 48.7 Å². The topological polar surface area (TPSA) is 51.5 Å². The summed E-state index contributed by atoms with van der Waals surface area (Å²) in [5, 5.41) is 10.7. The smallest absolute Gasteiger partial charge is 0.338 e. The second-order valence-electron chi connectivity index (χ2n) is 5.52. The minimum absolute atomic E-state index is 0.255. The van der Waals surface area contributed by atoms with Crippen LogP contribution in [0.3, 0.4) is 0 Å². The highest BCUT2D eigenvalue weighted by Crippen LogP contribution is 2.26. The van der Waals surface area contributed by atoms with E-state index in [1.807, 2.05) is 37.4 Å². The first-order valence-corrected chi connectivity index (χ1v) is 7.63. The number of hydrogen-bond donors (Lipinski definition) is 1. The zero-order chi connectivity index (χ0) is 16.4. The molecule has 0 unspecified atom stereocenters. The quantitative estimate of drug-likeness (QED) is 0.744. The van der Waals surface area contributed by atoms with Gasteiger partial charge in [-0.25, -0.2) is 4.79 Å². The second kappa shape index (κ2) is 6.16. The molecule has 0 aliphatic carbocycles. The van der Waals surface area contributed by atoms with E-state index in [0.29, 0.717) is 18.7 Å². The van der Waals surface area contributed by atoms with E-state index in [-0.39, 0.29) is 11.7 Å². The Hall–Kier alpha value is -2.75. The van der Waals surface area contributed by atoms with Crippen LogP contribution in [0.25, 0.3) is 10.9 Å². The number of carbonyl (C=O) groups excluding carboxylic acids is 1. The summed E-state index contributed by atoms with van der Waals surface area (Å²) in [6, 6.07) is 12.8. The Kier molecular flexibility index (Phi) is 4.06. The fourth-order valence-corrected chi connectivity index (χ4v) is 2.84. The molecule has 4 nitrogen and oxygen atoms in total. The van der Waals surface area contributed by atoms with Crippen LogP contribution in [0.2, 0.25) is 0 Å². The Morgan fingerprint density at radius 1 is 1.22 bits per heavy atom. The van der Waals surface area contributed by atoms with Gasteiger partial charge < -0.3 is 14.4 Å². The Balaban J connectivity index is 2.02. The summed E-state index contributed by atoms with van der Waals surface area (Å²) < 4.78 is 7.22. The average molecular weight is 309 g/mol. The maximum atomic E-state index is 12.1. The van der Waals surface area contributed by atoms with Crippen molar-refractivity contribution in [3.63, 3.8) is 0 Å². The summed E-state index contributed by atoms with van der Waals surface area (Å²) >= 11 is 0. The number of aromatic nitrogens is 1. The lowest BCUT2D eigenvalue weighted by Crippen LogP contribution is -2.10. The van der Waals surface area contributed by atoms with E-state index in [0.717, 1.165) is 22.0 Å². The molecule has 0 spiro atoms. The van der Waals surface area contributed by atoms with E-state index < -0.39 is 0 Å². The van der Waals surface area contributed by atoms with Crippen LogP contribution in [-0.2, 0) is 11.3 Å². The lowest BCUT2D eigenvalue weighted by atomic mass is 10.1. The van der Waals surface area contributed by atoms with Gasteiger partial charge in [-0.2, -0.15) is 0 Å². The molecular formula is C19H19NO3. The van der Waals surface area contributed by atoms with E-state index in [1.54, 1.807) is 25.1 Å². The van der Waals surface area contributed by atoms with Crippen molar-refractivity contribution in [2.45, 2.75) is 20.4 Å². The first kappa shape index (κ1) is 15.2. The Labute approximate surface area is 134 Å². The molecule has 1 aromatic heterocycles. The standard InChI is InChI=1S/C19H19NO3/c1-3-23-19(22)16-7-5-4-6-14(16)12-20-11-13(2)17-10-15(21)8-9-18(17)20/h4-11,21H,3,12H2,1-2H3. The third-order valence-electron chi connectivity index (χ3n) is 3.92. The highest BCUT2D eigenvalue weighted by atomic mass is 16.5. The first-order valence-electron chi connectivity index (χ1n) is 7.63. The number of rotatable bonds is 4. The number of aromatic hydroxyl groups is 1. The number of hydrogen-bond acceptors (Lipinski definition) is 3. The maximum Gasteiger partial charge on any atom is 0.338 e. The molecule has 4 heteroatoms. The number of nitrogens with zero attached hydrogens (tertiary/aromatic N) is 1. The molecule has 0 saturated carbocycles. The predicted molar refractivity (Wildman–Crippen MR) is 89.8 cm³/mol. The Morgan fingerprint density at radius 2 is 2.00 bits per heavy atom. The monoisotopic (exact) mass is 309 g/mol. The third kappa shape index (κ3) is 2.93. The number of benzene rings is 2. The number of carbonyl (C=O) groups is 1. The van der Waals surface area contributed by atoms with Crippen LogP contribution in [0.4, 0.5) is 0 Å². The lowest BCUT2D eigenvalue weighted by Gasteiger charge is -2.10. The van der Waals surface area contributed by atoms with Crippen molar-refractivity contribution in [2.75, 3.05) is 6.61 Å². The number of aryl methyl sites for hydroxylation is 1. The van der Waals surface area contributed by atoms with Crippen molar-refractivity contribution in [1.29, 1.82) is 0 Å².